The third-order valence-electron chi connectivity index (χ3n) is 5.08. The normalized spacial score (nSPS) is 12.1. The highest BCUT2D eigenvalue weighted by Gasteiger charge is 2.19. The number of nitrogens with one attached hydrogen (secondary N) is 2. The number of amides is 1. The highest BCUT2D eigenvalue weighted by Crippen LogP contribution is 2.27. The van der Waals surface area contributed by atoms with Gasteiger partial charge in [-0.2, -0.15) is 0 Å². The molecule has 3 aromatic carbocycles. The van der Waals surface area contributed by atoms with Gasteiger partial charge in [-0.15, -0.1) is 0 Å². The third-order valence-corrected chi connectivity index (χ3v) is 5.08. The van der Waals surface area contributed by atoms with Crippen LogP contribution in [0.3, 0.4) is 0 Å². The Labute approximate surface area is 164 Å². The molecule has 4 heteroatoms. The fraction of sp³-hybridized carbons (Fsp3) is 0.167. The average Bonchev–Trinajstić information content (AvgIpc) is 3.15. The van der Waals surface area contributed by atoms with Crippen LogP contribution in [0, 0.1) is 6.92 Å². The van der Waals surface area contributed by atoms with Crippen LogP contribution >= 0.6 is 0 Å². The molecular formula is C24H23N3O. The minimum Gasteiger partial charge on any atom is -0.338 e. The number of hydrogen-bond acceptors (Lipinski definition) is 2. The van der Waals surface area contributed by atoms with E-state index in [0.29, 0.717) is 0 Å². The predicted octanol–water partition coefficient (Wildman–Crippen LogP) is 5.67. The molecule has 140 valence electrons. The molecule has 0 spiro atoms. The summed E-state index contributed by atoms with van der Waals surface area (Å²) in [6.07, 6.45) is 0.748. The topological polar surface area (TPSA) is 57.8 Å². The van der Waals surface area contributed by atoms with E-state index < -0.39 is 0 Å². The maximum atomic E-state index is 13.0. The molecule has 0 aliphatic rings. The van der Waals surface area contributed by atoms with Crippen LogP contribution in [0.1, 0.15) is 30.4 Å². The van der Waals surface area contributed by atoms with E-state index in [4.69, 9.17) is 0 Å². The second kappa shape index (κ2) is 7.69. The number of hydrogen-bond donors (Lipinski definition) is 2. The Hall–Kier alpha value is -3.40. The summed E-state index contributed by atoms with van der Waals surface area (Å²) < 4.78 is 0. The fourth-order valence-corrected chi connectivity index (χ4v) is 3.47. The minimum atomic E-state index is -0.171. The minimum absolute atomic E-state index is 0.0126. The second-order valence-corrected chi connectivity index (χ2v) is 6.99. The molecule has 0 unspecified atom stereocenters. The molecule has 0 saturated heterocycles. The van der Waals surface area contributed by atoms with Crippen molar-refractivity contribution < 1.29 is 4.79 Å². The van der Waals surface area contributed by atoms with Crippen molar-refractivity contribution in [2.75, 3.05) is 5.32 Å². The number of aromatic amines is 1. The monoisotopic (exact) mass is 369 g/mol. The standard InChI is InChI=1S/C24H23N3O/c1-3-19(17-9-5-4-6-10-17)24(28)27-22-15-18(14-13-16(22)2)23-25-20-11-7-8-12-21(20)26-23/h4-15,19H,3H2,1-2H3,(H,25,26)(H,27,28)/t19-/m0/s1. The number of H-pyrrole nitrogens is 1. The molecule has 0 saturated carbocycles. The van der Waals surface area contributed by atoms with E-state index in [9.17, 15) is 4.79 Å². The van der Waals surface area contributed by atoms with Gasteiger partial charge in [0.05, 0.1) is 17.0 Å². The lowest BCUT2D eigenvalue weighted by molar-refractivity contribution is -0.117. The maximum Gasteiger partial charge on any atom is 0.231 e. The van der Waals surface area contributed by atoms with E-state index in [0.717, 1.165) is 45.7 Å². The van der Waals surface area contributed by atoms with Crippen LogP contribution in [-0.2, 0) is 4.79 Å². The van der Waals surface area contributed by atoms with Crippen molar-refractivity contribution in [3.63, 3.8) is 0 Å². The van der Waals surface area contributed by atoms with Gasteiger partial charge in [-0.3, -0.25) is 4.79 Å². The number of nitrogens with zero attached hydrogens (tertiary/aromatic N) is 1. The Morgan fingerprint density at radius 2 is 1.79 bits per heavy atom. The molecule has 0 radical (unpaired) electrons. The molecule has 1 aromatic heterocycles. The van der Waals surface area contributed by atoms with Gasteiger partial charge in [0, 0.05) is 11.3 Å². The zero-order valence-corrected chi connectivity index (χ0v) is 16.1. The number of aryl methyl sites for hydroxylation is 1. The van der Waals surface area contributed by atoms with Crippen molar-refractivity contribution >= 4 is 22.6 Å². The number of para-hydroxylation sites is 2. The molecule has 1 atom stereocenters. The molecule has 0 fully saturated rings. The van der Waals surface area contributed by atoms with E-state index in [1.807, 2.05) is 86.6 Å². The molecule has 4 rings (SSSR count). The first-order valence-corrected chi connectivity index (χ1v) is 9.57. The van der Waals surface area contributed by atoms with E-state index in [2.05, 4.69) is 15.3 Å². The van der Waals surface area contributed by atoms with Gasteiger partial charge in [0.15, 0.2) is 0 Å². The van der Waals surface area contributed by atoms with E-state index in [1.165, 1.54) is 0 Å². The van der Waals surface area contributed by atoms with Crippen molar-refractivity contribution in [3.05, 3.63) is 83.9 Å². The molecule has 1 amide bonds. The summed E-state index contributed by atoms with van der Waals surface area (Å²) >= 11 is 0. The molecule has 28 heavy (non-hydrogen) atoms. The largest absolute Gasteiger partial charge is 0.338 e. The number of fused-ring (bicyclic) bond motifs is 1. The summed E-state index contributed by atoms with van der Waals surface area (Å²) in [5.74, 6) is 0.640. The van der Waals surface area contributed by atoms with Crippen LogP contribution in [0.2, 0.25) is 0 Å². The third kappa shape index (κ3) is 3.54. The quantitative estimate of drug-likeness (QED) is 0.476. The lowest BCUT2D eigenvalue weighted by Gasteiger charge is -2.17. The Morgan fingerprint density at radius 1 is 1.04 bits per heavy atom. The summed E-state index contributed by atoms with van der Waals surface area (Å²) in [6.45, 7) is 4.04. The average molecular weight is 369 g/mol. The number of anilines is 1. The lowest BCUT2D eigenvalue weighted by Crippen LogP contribution is -2.21. The molecule has 2 N–H and O–H groups in total. The lowest BCUT2D eigenvalue weighted by atomic mass is 9.95. The first-order chi connectivity index (χ1) is 13.7. The highest BCUT2D eigenvalue weighted by molar-refractivity contribution is 5.97. The van der Waals surface area contributed by atoms with E-state index in [-0.39, 0.29) is 11.8 Å². The maximum absolute atomic E-state index is 13.0. The van der Waals surface area contributed by atoms with Gasteiger partial charge in [0.1, 0.15) is 5.82 Å². The van der Waals surface area contributed by atoms with Crippen molar-refractivity contribution in [1.29, 1.82) is 0 Å². The summed E-state index contributed by atoms with van der Waals surface area (Å²) in [5, 5.41) is 3.12. The van der Waals surface area contributed by atoms with Crippen LogP contribution in [0.4, 0.5) is 5.69 Å². The van der Waals surface area contributed by atoms with Gasteiger partial charge >= 0.3 is 0 Å². The van der Waals surface area contributed by atoms with Crippen LogP contribution in [0.25, 0.3) is 22.4 Å². The Balaban J connectivity index is 1.63. The molecule has 4 aromatic rings. The van der Waals surface area contributed by atoms with E-state index in [1.54, 1.807) is 0 Å². The molecule has 1 heterocycles. The number of carbonyl (C=O) groups excluding carboxylic acids is 1. The smallest absolute Gasteiger partial charge is 0.231 e. The fourth-order valence-electron chi connectivity index (χ4n) is 3.47. The second-order valence-electron chi connectivity index (χ2n) is 6.99. The van der Waals surface area contributed by atoms with E-state index >= 15 is 0 Å². The van der Waals surface area contributed by atoms with Crippen LogP contribution in [0.15, 0.2) is 72.8 Å². The molecule has 0 aliphatic heterocycles. The zero-order chi connectivity index (χ0) is 19.5. The zero-order valence-electron chi connectivity index (χ0n) is 16.1. The molecule has 0 bridgehead atoms. The summed E-state index contributed by atoms with van der Waals surface area (Å²) in [7, 11) is 0. The Bertz CT molecular complexity index is 1080. The van der Waals surface area contributed by atoms with Gasteiger partial charge < -0.3 is 10.3 Å². The van der Waals surface area contributed by atoms with Gasteiger partial charge in [0.2, 0.25) is 5.91 Å². The number of aromatic nitrogens is 2. The SMILES string of the molecule is CC[C@H](C(=O)Nc1cc(-c2nc3ccccc3[nH]2)ccc1C)c1ccccc1. The number of rotatable bonds is 5. The van der Waals surface area contributed by atoms with Gasteiger partial charge in [-0.1, -0.05) is 61.5 Å². The number of imidazole rings is 1. The van der Waals surface area contributed by atoms with Crippen molar-refractivity contribution in [2.24, 2.45) is 0 Å². The Morgan fingerprint density at radius 3 is 2.54 bits per heavy atom. The highest BCUT2D eigenvalue weighted by atomic mass is 16.1. The van der Waals surface area contributed by atoms with Crippen LogP contribution in [0.5, 0.6) is 0 Å². The number of carbonyl (C=O) groups is 1. The molecule has 0 aliphatic carbocycles. The summed E-state index contributed by atoms with van der Waals surface area (Å²) in [5.41, 5.74) is 5.75. The van der Waals surface area contributed by atoms with Gasteiger partial charge in [-0.05, 0) is 42.7 Å². The van der Waals surface area contributed by atoms with Gasteiger partial charge in [-0.25, -0.2) is 4.98 Å². The van der Waals surface area contributed by atoms with Gasteiger partial charge in [0.25, 0.3) is 0 Å². The van der Waals surface area contributed by atoms with Crippen LogP contribution < -0.4 is 5.32 Å². The van der Waals surface area contributed by atoms with Crippen molar-refractivity contribution in [3.8, 4) is 11.4 Å². The first kappa shape index (κ1) is 18.0. The summed E-state index contributed by atoms with van der Waals surface area (Å²) in [6, 6.07) is 23.9. The predicted molar refractivity (Wildman–Crippen MR) is 114 cm³/mol. The number of benzene rings is 3. The molecular weight excluding hydrogens is 346 g/mol. The summed E-state index contributed by atoms with van der Waals surface area (Å²) in [4.78, 5) is 21.0. The van der Waals surface area contributed by atoms with Crippen LogP contribution in [-0.4, -0.2) is 15.9 Å². The van der Waals surface area contributed by atoms with Crippen molar-refractivity contribution in [2.45, 2.75) is 26.2 Å². The molecule has 4 nitrogen and oxygen atoms in total. The first-order valence-electron chi connectivity index (χ1n) is 9.57. The van der Waals surface area contributed by atoms with Crippen molar-refractivity contribution in [1.82, 2.24) is 9.97 Å². The Kier molecular flexibility index (Phi) is 4.94.